The molecule has 1 aromatic heterocycles. The molecule has 1 aromatic rings. The normalized spacial score (nSPS) is 11.0. The summed E-state index contributed by atoms with van der Waals surface area (Å²) in [5, 5.41) is 0. The molecule has 0 bridgehead atoms. The van der Waals surface area contributed by atoms with Crippen molar-refractivity contribution >= 4 is 29.0 Å². The zero-order valence-corrected chi connectivity index (χ0v) is 7.38. The Morgan fingerprint density at radius 3 is 2.90 bits per heavy atom. The van der Waals surface area contributed by atoms with Gasteiger partial charge in [0, 0.05) is 15.6 Å². The van der Waals surface area contributed by atoms with Gasteiger partial charge < -0.3 is 0 Å². The van der Waals surface area contributed by atoms with E-state index in [1.54, 1.807) is 11.3 Å². The molecule has 0 aromatic carbocycles. The van der Waals surface area contributed by atoms with Crippen molar-refractivity contribution in [1.29, 1.82) is 0 Å². The summed E-state index contributed by atoms with van der Waals surface area (Å²) in [5.41, 5.74) is 0. The maximum Gasteiger partial charge on any atom is 0.0407 e. The van der Waals surface area contributed by atoms with Crippen molar-refractivity contribution in [2.45, 2.75) is 6.92 Å². The smallest absolute Gasteiger partial charge is 0.0407 e. The van der Waals surface area contributed by atoms with Crippen LogP contribution in [0, 0.1) is 6.92 Å². The lowest BCUT2D eigenvalue weighted by molar-refractivity contribution is 1.64. The van der Waals surface area contributed by atoms with Gasteiger partial charge in [0.25, 0.3) is 0 Å². The molecule has 0 amide bonds. The summed E-state index contributed by atoms with van der Waals surface area (Å²) in [5.74, 6) is 0.594. The highest BCUT2D eigenvalue weighted by Gasteiger charge is 1.88. The molecular formula is C8H9ClS. The summed E-state index contributed by atoms with van der Waals surface area (Å²) >= 11 is 7.26. The minimum Gasteiger partial charge on any atom is -0.141 e. The van der Waals surface area contributed by atoms with Crippen LogP contribution in [0.15, 0.2) is 18.2 Å². The predicted molar refractivity (Wildman–Crippen MR) is 48.8 cm³/mol. The Hall–Kier alpha value is -0.270. The third kappa shape index (κ3) is 2.16. The summed E-state index contributed by atoms with van der Waals surface area (Å²) in [4.78, 5) is 2.62. The lowest BCUT2D eigenvalue weighted by atomic mass is 10.4. The Balaban J connectivity index is 2.67. The lowest BCUT2D eigenvalue weighted by Gasteiger charge is -1.79. The Bertz CT molecular complexity index is 225. The topological polar surface area (TPSA) is 0 Å². The first-order chi connectivity index (χ1) is 4.83. The van der Waals surface area contributed by atoms with Gasteiger partial charge in [-0.25, -0.2) is 0 Å². The number of hydrogen-bond acceptors (Lipinski definition) is 1. The first kappa shape index (κ1) is 7.83. The summed E-state index contributed by atoms with van der Waals surface area (Å²) in [6, 6.07) is 4.21. The maximum absolute atomic E-state index is 5.48. The van der Waals surface area contributed by atoms with Gasteiger partial charge in [0.15, 0.2) is 0 Å². The third-order valence-electron chi connectivity index (χ3n) is 1.13. The Morgan fingerprint density at radius 1 is 1.60 bits per heavy atom. The second kappa shape index (κ2) is 3.79. The van der Waals surface area contributed by atoms with Crippen LogP contribution in [0.25, 0.3) is 6.08 Å². The molecule has 0 unspecified atom stereocenters. The van der Waals surface area contributed by atoms with E-state index < -0.39 is 0 Å². The molecule has 1 rings (SSSR count). The van der Waals surface area contributed by atoms with Crippen LogP contribution >= 0.6 is 22.9 Å². The molecule has 1 heterocycles. The first-order valence-electron chi connectivity index (χ1n) is 3.12. The molecule has 2 heteroatoms. The van der Waals surface area contributed by atoms with Crippen molar-refractivity contribution in [1.82, 2.24) is 0 Å². The van der Waals surface area contributed by atoms with Crippen LogP contribution in [0.3, 0.4) is 0 Å². The van der Waals surface area contributed by atoms with Crippen molar-refractivity contribution < 1.29 is 0 Å². The van der Waals surface area contributed by atoms with Gasteiger partial charge in [-0.15, -0.1) is 22.9 Å². The molecule has 0 aliphatic carbocycles. The van der Waals surface area contributed by atoms with E-state index in [0.717, 1.165) is 0 Å². The lowest BCUT2D eigenvalue weighted by Crippen LogP contribution is -1.58. The molecule has 0 atom stereocenters. The van der Waals surface area contributed by atoms with Crippen molar-refractivity contribution in [2.75, 3.05) is 5.88 Å². The van der Waals surface area contributed by atoms with Gasteiger partial charge in [-0.2, -0.15) is 0 Å². The van der Waals surface area contributed by atoms with Gasteiger partial charge in [-0.1, -0.05) is 6.08 Å². The quantitative estimate of drug-likeness (QED) is 0.601. The van der Waals surface area contributed by atoms with Crippen molar-refractivity contribution in [3.05, 3.63) is 28.0 Å². The summed E-state index contributed by atoms with van der Waals surface area (Å²) < 4.78 is 0. The number of hydrogen-bond donors (Lipinski definition) is 0. The first-order valence-corrected chi connectivity index (χ1v) is 4.47. The van der Waals surface area contributed by atoms with Gasteiger partial charge in [-0.3, -0.25) is 0 Å². The number of aryl methyl sites for hydroxylation is 1. The standard InChI is InChI=1S/C8H9ClS/c1-7-4-5-8(10-7)3-2-6-9/h2-5H,6H2,1H3. The zero-order valence-electron chi connectivity index (χ0n) is 5.80. The predicted octanol–water partition coefficient (Wildman–Crippen LogP) is 3.31. The van der Waals surface area contributed by atoms with Crippen LogP contribution in [0.2, 0.25) is 0 Å². The van der Waals surface area contributed by atoms with E-state index in [-0.39, 0.29) is 0 Å². The molecular weight excluding hydrogens is 164 g/mol. The fourth-order valence-corrected chi connectivity index (χ4v) is 1.60. The van der Waals surface area contributed by atoms with E-state index in [4.69, 9.17) is 11.6 Å². The molecule has 0 nitrogen and oxygen atoms in total. The molecule has 0 aliphatic heterocycles. The summed E-state index contributed by atoms with van der Waals surface area (Å²) in [7, 11) is 0. The highest BCUT2D eigenvalue weighted by molar-refractivity contribution is 7.12. The molecule has 0 N–H and O–H groups in total. The average molecular weight is 173 g/mol. The second-order valence-corrected chi connectivity index (χ2v) is 3.63. The molecule has 0 saturated carbocycles. The van der Waals surface area contributed by atoms with Gasteiger partial charge in [0.2, 0.25) is 0 Å². The molecule has 54 valence electrons. The maximum atomic E-state index is 5.48. The number of allylic oxidation sites excluding steroid dienone is 1. The average Bonchev–Trinajstić information content (AvgIpc) is 2.31. The minimum absolute atomic E-state index is 0.594. The SMILES string of the molecule is Cc1ccc(C=CCCl)s1. The molecule has 10 heavy (non-hydrogen) atoms. The van der Waals surface area contributed by atoms with Gasteiger partial charge in [0.1, 0.15) is 0 Å². The third-order valence-corrected chi connectivity index (χ3v) is 2.28. The van der Waals surface area contributed by atoms with Crippen molar-refractivity contribution in [3.8, 4) is 0 Å². The zero-order chi connectivity index (χ0) is 7.40. The van der Waals surface area contributed by atoms with Crippen LogP contribution in [0.4, 0.5) is 0 Å². The number of halogens is 1. The Morgan fingerprint density at radius 2 is 2.40 bits per heavy atom. The van der Waals surface area contributed by atoms with Crippen LogP contribution in [0.1, 0.15) is 9.75 Å². The van der Waals surface area contributed by atoms with E-state index in [9.17, 15) is 0 Å². The van der Waals surface area contributed by atoms with E-state index in [1.165, 1.54) is 9.75 Å². The van der Waals surface area contributed by atoms with E-state index in [2.05, 4.69) is 19.1 Å². The molecule has 0 saturated heterocycles. The highest BCUT2D eigenvalue weighted by atomic mass is 35.5. The van der Waals surface area contributed by atoms with E-state index in [0.29, 0.717) is 5.88 Å². The van der Waals surface area contributed by atoms with Gasteiger partial charge >= 0.3 is 0 Å². The van der Waals surface area contributed by atoms with E-state index >= 15 is 0 Å². The number of alkyl halides is 1. The second-order valence-electron chi connectivity index (χ2n) is 2.01. The van der Waals surface area contributed by atoms with Gasteiger partial charge in [0.05, 0.1) is 0 Å². The molecule has 0 radical (unpaired) electrons. The monoisotopic (exact) mass is 172 g/mol. The van der Waals surface area contributed by atoms with E-state index in [1.807, 2.05) is 12.2 Å². The van der Waals surface area contributed by atoms with Gasteiger partial charge in [-0.05, 0) is 25.1 Å². The van der Waals surface area contributed by atoms with Crippen LogP contribution in [0.5, 0.6) is 0 Å². The van der Waals surface area contributed by atoms with Crippen LogP contribution in [-0.4, -0.2) is 5.88 Å². The van der Waals surface area contributed by atoms with Crippen molar-refractivity contribution in [2.24, 2.45) is 0 Å². The number of thiophene rings is 1. The molecule has 0 fully saturated rings. The fraction of sp³-hybridized carbons (Fsp3) is 0.250. The largest absolute Gasteiger partial charge is 0.141 e. The molecule has 0 aliphatic rings. The minimum atomic E-state index is 0.594. The highest BCUT2D eigenvalue weighted by Crippen LogP contribution is 2.16. The Kier molecular flexibility index (Phi) is 2.97. The van der Waals surface area contributed by atoms with Crippen molar-refractivity contribution in [3.63, 3.8) is 0 Å². The van der Waals surface area contributed by atoms with Crippen LogP contribution in [-0.2, 0) is 0 Å². The Labute approximate surface area is 70.1 Å². The summed E-state index contributed by atoms with van der Waals surface area (Å²) in [6.07, 6.45) is 4.00. The number of rotatable bonds is 2. The summed E-state index contributed by atoms with van der Waals surface area (Å²) in [6.45, 7) is 2.10. The fourth-order valence-electron chi connectivity index (χ4n) is 0.704. The molecule has 0 spiro atoms. The van der Waals surface area contributed by atoms with Crippen LogP contribution < -0.4 is 0 Å².